The number of carbonyl (C=O) groups excluding carboxylic acids is 2. The first-order chi connectivity index (χ1) is 12.4. The molecule has 0 bridgehead atoms. The number of benzene rings is 1. The molecular weight excluding hydrogens is 395 g/mol. The summed E-state index contributed by atoms with van der Waals surface area (Å²) in [5.74, 6) is -0.205. The van der Waals surface area contributed by atoms with Crippen LogP contribution >= 0.6 is 34.5 Å². The number of anilines is 1. The van der Waals surface area contributed by atoms with Crippen LogP contribution in [0.15, 0.2) is 41.8 Å². The fourth-order valence-corrected chi connectivity index (χ4v) is 3.54. The summed E-state index contributed by atoms with van der Waals surface area (Å²) in [6.07, 6.45) is 0. The Hall–Kier alpha value is -2.35. The number of hydrogen-bond acceptors (Lipinski definition) is 4. The van der Waals surface area contributed by atoms with E-state index in [0.717, 1.165) is 5.56 Å². The van der Waals surface area contributed by atoms with Crippen LogP contribution in [-0.2, 0) is 4.79 Å². The van der Waals surface area contributed by atoms with Gasteiger partial charge < -0.3 is 10.2 Å². The van der Waals surface area contributed by atoms with Crippen LogP contribution in [0.1, 0.15) is 9.67 Å². The molecule has 2 heterocycles. The van der Waals surface area contributed by atoms with Gasteiger partial charge in [0.25, 0.3) is 5.91 Å². The Morgan fingerprint density at radius 2 is 1.96 bits per heavy atom. The Bertz CT molecular complexity index is 920. The number of H-pyrrole nitrogens is 1. The molecule has 26 heavy (non-hydrogen) atoms. The van der Waals surface area contributed by atoms with Crippen LogP contribution < -0.4 is 5.32 Å². The molecule has 0 aliphatic carbocycles. The molecular formula is C17H14Cl2N4O2S. The summed E-state index contributed by atoms with van der Waals surface area (Å²) >= 11 is 13.3. The van der Waals surface area contributed by atoms with Crippen molar-refractivity contribution in [1.82, 2.24) is 15.1 Å². The average Bonchev–Trinajstić information content (AvgIpc) is 3.24. The van der Waals surface area contributed by atoms with E-state index in [9.17, 15) is 9.59 Å². The molecule has 0 unspecified atom stereocenters. The highest BCUT2D eigenvalue weighted by molar-refractivity contribution is 7.12. The predicted octanol–water partition coefficient (Wildman–Crippen LogP) is 4.16. The minimum absolute atomic E-state index is 0.0814. The van der Waals surface area contributed by atoms with Gasteiger partial charge in [0.05, 0.1) is 17.1 Å². The van der Waals surface area contributed by atoms with E-state index < -0.39 is 0 Å². The first kappa shape index (κ1) is 18.4. The molecule has 3 rings (SSSR count). The zero-order valence-corrected chi connectivity index (χ0v) is 16.0. The highest BCUT2D eigenvalue weighted by Gasteiger charge is 2.16. The topological polar surface area (TPSA) is 78.1 Å². The van der Waals surface area contributed by atoms with Crippen LogP contribution in [0.25, 0.3) is 11.3 Å². The van der Waals surface area contributed by atoms with Crippen molar-refractivity contribution in [2.45, 2.75) is 0 Å². The predicted molar refractivity (Wildman–Crippen MR) is 104 cm³/mol. The maximum atomic E-state index is 12.2. The Morgan fingerprint density at radius 1 is 1.23 bits per heavy atom. The van der Waals surface area contributed by atoms with Gasteiger partial charge in [0, 0.05) is 28.7 Å². The van der Waals surface area contributed by atoms with Crippen molar-refractivity contribution < 1.29 is 9.59 Å². The van der Waals surface area contributed by atoms with Gasteiger partial charge in [0.2, 0.25) is 5.91 Å². The number of halogens is 2. The van der Waals surface area contributed by atoms with Gasteiger partial charge in [-0.3, -0.25) is 14.7 Å². The van der Waals surface area contributed by atoms with E-state index >= 15 is 0 Å². The SMILES string of the molecule is CN(CC(=O)Nc1cc(-c2cc(Cl)cc(Cl)c2)[nH]n1)C(=O)c1cccs1. The third kappa shape index (κ3) is 4.43. The Balaban J connectivity index is 1.63. The third-order valence-electron chi connectivity index (χ3n) is 3.48. The minimum atomic E-state index is -0.348. The fourth-order valence-electron chi connectivity index (χ4n) is 2.30. The summed E-state index contributed by atoms with van der Waals surface area (Å²) in [4.78, 5) is 26.2. The Kier molecular flexibility index (Phi) is 5.61. The van der Waals surface area contributed by atoms with Crippen LogP contribution in [0.4, 0.5) is 5.82 Å². The number of likely N-dealkylation sites (N-methyl/N-ethyl adjacent to an activating group) is 1. The summed E-state index contributed by atoms with van der Waals surface area (Å²) in [6, 6.07) is 10.3. The van der Waals surface area contributed by atoms with Crippen LogP contribution in [0.3, 0.4) is 0 Å². The van der Waals surface area contributed by atoms with Crippen LogP contribution in [-0.4, -0.2) is 40.5 Å². The van der Waals surface area contributed by atoms with E-state index in [1.54, 1.807) is 43.4 Å². The van der Waals surface area contributed by atoms with Crippen molar-refractivity contribution in [2.75, 3.05) is 18.9 Å². The zero-order chi connectivity index (χ0) is 18.7. The monoisotopic (exact) mass is 408 g/mol. The quantitative estimate of drug-likeness (QED) is 0.665. The molecule has 0 aliphatic rings. The first-order valence-electron chi connectivity index (χ1n) is 7.53. The molecule has 6 nitrogen and oxygen atoms in total. The lowest BCUT2D eigenvalue weighted by atomic mass is 10.1. The molecule has 0 spiro atoms. The summed E-state index contributed by atoms with van der Waals surface area (Å²) in [6.45, 7) is -0.0814. The van der Waals surface area contributed by atoms with Crippen LogP contribution in [0, 0.1) is 0 Å². The molecule has 0 fully saturated rings. The fraction of sp³-hybridized carbons (Fsp3) is 0.118. The van der Waals surface area contributed by atoms with Gasteiger partial charge >= 0.3 is 0 Å². The number of rotatable bonds is 5. The largest absolute Gasteiger partial charge is 0.332 e. The van der Waals surface area contributed by atoms with Crippen molar-refractivity contribution in [3.63, 3.8) is 0 Å². The number of nitrogens with one attached hydrogen (secondary N) is 2. The maximum absolute atomic E-state index is 12.2. The van der Waals surface area contributed by atoms with E-state index in [2.05, 4.69) is 15.5 Å². The van der Waals surface area contributed by atoms with Gasteiger partial charge in [-0.05, 0) is 29.6 Å². The molecule has 2 amide bonds. The van der Waals surface area contributed by atoms with Crippen molar-refractivity contribution >= 4 is 52.2 Å². The van der Waals surface area contributed by atoms with Crippen LogP contribution in [0.2, 0.25) is 10.0 Å². The number of thiophene rings is 1. The van der Waals surface area contributed by atoms with Crippen LogP contribution in [0.5, 0.6) is 0 Å². The van der Waals surface area contributed by atoms with E-state index in [4.69, 9.17) is 23.2 Å². The van der Waals surface area contributed by atoms with E-state index in [0.29, 0.717) is 26.4 Å². The lowest BCUT2D eigenvalue weighted by molar-refractivity contribution is -0.116. The zero-order valence-electron chi connectivity index (χ0n) is 13.6. The Labute approximate surface area is 163 Å². The summed E-state index contributed by atoms with van der Waals surface area (Å²) < 4.78 is 0. The lowest BCUT2D eigenvalue weighted by Crippen LogP contribution is -2.34. The average molecular weight is 409 g/mol. The smallest absolute Gasteiger partial charge is 0.264 e. The van der Waals surface area contributed by atoms with Crippen molar-refractivity contribution in [1.29, 1.82) is 0 Å². The standard InChI is InChI=1S/C17H14Cl2N4O2S/c1-23(17(25)14-3-2-4-26-14)9-16(24)20-15-8-13(21-22-15)10-5-11(18)7-12(19)6-10/h2-8H,9H2,1H3,(H2,20,21,22,24). The summed E-state index contributed by atoms with van der Waals surface area (Å²) in [5, 5.41) is 12.3. The van der Waals surface area contributed by atoms with Crippen molar-refractivity contribution in [3.8, 4) is 11.3 Å². The number of carbonyl (C=O) groups is 2. The molecule has 0 aliphatic heterocycles. The lowest BCUT2D eigenvalue weighted by Gasteiger charge is -2.15. The second kappa shape index (κ2) is 7.90. The highest BCUT2D eigenvalue weighted by atomic mass is 35.5. The number of amides is 2. The highest BCUT2D eigenvalue weighted by Crippen LogP contribution is 2.27. The van der Waals surface area contributed by atoms with Crippen molar-refractivity contribution in [3.05, 3.63) is 56.7 Å². The van der Waals surface area contributed by atoms with Crippen molar-refractivity contribution in [2.24, 2.45) is 0 Å². The van der Waals surface area contributed by atoms with Gasteiger partial charge in [0.15, 0.2) is 5.82 Å². The minimum Gasteiger partial charge on any atom is -0.332 e. The first-order valence-corrected chi connectivity index (χ1v) is 9.16. The number of hydrogen-bond donors (Lipinski definition) is 2. The molecule has 0 saturated heterocycles. The normalized spacial score (nSPS) is 10.6. The van der Waals surface area contributed by atoms with Gasteiger partial charge in [-0.2, -0.15) is 5.10 Å². The molecule has 9 heteroatoms. The molecule has 1 aromatic carbocycles. The second-order valence-electron chi connectivity index (χ2n) is 5.51. The molecule has 2 N–H and O–H groups in total. The van der Waals surface area contributed by atoms with E-state index in [-0.39, 0.29) is 18.4 Å². The summed E-state index contributed by atoms with van der Waals surface area (Å²) in [7, 11) is 1.57. The molecule has 3 aromatic rings. The number of aromatic amines is 1. The van der Waals surface area contributed by atoms with Gasteiger partial charge in [-0.15, -0.1) is 11.3 Å². The van der Waals surface area contributed by atoms with Gasteiger partial charge in [-0.25, -0.2) is 0 Å². The maximum Gasteiger partial charge on any atom is 0.264 e. The Morgan fingerprint density at radius 3 is 2.62 bits per heavy atom. The van der Waals surface area contributed by atoms with E-state index in [1.807, 2.05) is 5.38 Å². The van der Waals surface area contributed by atoms with E-state index in [1.165, 1.54) is 16.2 Å². The number of aromatic nitrogens is 2. The number of nitrogens with zero attached hydrogens (tertiary/aromatic N) is 2. The molecule has 0 radical (unpaired) electrons. The molecule has 134 valence electrons. The molecule has 2 aromatic heterocycles. The third-order valence-corrected chi connectivity index (χ3v) is 4.77. The van der Waals surface area contributed by atoms with Gasteiger partial charge in [0.1, 0.15) is 0 Å². The van der Waals surface area contributed by atoms with Gasteiger partial charge in [-0.1, -0.05) is 29.3 Å². The summed E-state index contributed by atoms with van der Waals surface area (Å²) in [5.41, 5.74) is 1.41. The second-order valence-corrected chi connectivity index (χ2v) is 7.33. The molecule has 0 saturated carbocycles. The molecule has 0 atom stereocenters.